The lowest BCUT2D eigenvalue weighted by Gasteiger charge is -2.49. The molecular formula is C46H82N4O15. The Labute approximate surface area is 385 Å². The van der Waals surface area contributed by atoms with Crippen molar-refractivity contribution in [1.29, 1.82) is 0 Å². The first-order valence-electron chi connectivity index (χ1n) is 23.8. The Hall–Kier alpha value is -2.56. The summed E-state index contributed by atoms with van der Waals surface area (Å²) in [5.41, 5.74) is -1.04. The van der Waals surface area contributed by atoms with Crippen molar-refractivity contribution in [2.45, 2.75) is 205 Å². The lowest BCUT2D eigenvalue weighted by molar-refractivity contribution is -0.338. The van der Waals surface area contributed by atoms with Gasteiger partial charge in [-0.05, 0) is 65.2 Å². The van der Waals surface area contributed by atoms with E-state index in [0.29, 0.717) is 32.3 Å². The minimum Gasteiger partial charge on any atom is -0.394 e. The topological polar surface area (TPSA) is 264 Å². The van der Waals surface area contributed by atoms with E-state index in [1.807, 2.05) is 41.5 Å². The maximum absolute atomic E-state index is 14.0. The molecule has 2 saturated heterocycles. The van der Waals surface area contributed by atoms with Crippen molar-refractivity contribution in [3.63, 3.8) is 0 Å². The zero-order chi connectivity index (χ0) is 48.4. The second-order valence-electron chi connectivity index (χ2n) is 20.4. The zero-order valence-corrected chi connectivity index (χ0v) is 40.4. The van der Waals surface area contributed by atoms with Gasteiger partial charge in [0.05, 0.1) is 30.5 Å². The molecule has 4 fully saturated rings. The van der Waals surface area contributed by atoms with Crippen LogP contribution in [0.1, 0.15) is 120 Å². The molecule has 376 valence electrons. The summed E-state index contributed by atoms with van der Waals surface area (Å²) in [5.74, 6) is -2.22. The highest BCUT2D eigenvalue weighted by atomic mass is 16.7. The van der Waals surface area contributed by atoms with Crippen LogP contribution < -0.4 is 16.0 Å². The van der Waals surface area contributed by atoms with Crippen LogP contribution in [0.2, 0.25) is 0 Å². The standard InChI is InChI=1S/C46H82N4O15/c1-11-28-22-29(40(57)47-18-19-48-44(59)46(7,8)17-20-60-45(4,5)6)23-30(38(28)65-43-37(56)36(55)34(53)25(2)61-43)63-42-33(49-26(3)52)39(35(54)32(24-51)64-42)62-31(41(58)50(9)10)21-27-15-13-12-14-16-27/h25,27-39,42-43,51,53-56H,11-24H2,1-10H3,(H,47,57)(H,48,59)(H,49,52)/t25?,28-,29?,30?,31+,32+,33?,34?,35?,36?,37?,38?,39?,42-,43?/m1/s1. The van der Waals surface area contributed by atoms with Gasteiger partial charge in [0.1, 0.15) is 48.8 Å². The van der Waals surface area contributed by atoms with E-state index in [4.69, 9.17) is 28.4 Å². The highest BCUT2D eigenvalue weighted by Crippen LogP contribution is 2.40. The van der Waals surface area contributed by atoms with E-state index in [2.05, 4.69) is 16.0 Å². The Bertz CT molecular complexity index is 1530. The zero-order valence-electron chi connectivity index (χ0n) is 40.4. The molecule has 2 aliphatic heterocycles. The summed E-state index contributed by atoms with van der Waals surface area (Å²) in [5, 5.41) is 63.0. The van der Waals surface area contributed by atoms with E-state index < -0.39 is 109 Å². The monoisotopic (exact) mass is 931 g/mol. The molecule has 0 aromatic carbocycles. The summed E-state index contributed by atoms with van der Waals surface area (Å²) in [4.78, 5) is 55.1. The molecule has 0 bridgehead atoms. The predicted octanol–water partition coefficient (Wildman–Crippen LogP) is 0.880. The Morgan fingerprint density at radius 2 is 1.49 bits per heavy atom. The maximum Gasteiger partial charge on any atom is 0.251 e. The summed E-state index contributed by atoms with van der Waals surface area (Å²) in [6.07, 6.45) is -8.75. The molecule has 15 atom stereocenters. The van der Waals surface area contributed by atoms with Crippen LogP contribution in [0.5, 0.6) is 0 Å². The minimum absolute atomic E-state index is 0.0255. The van der Waals surface area contributed by atoms with Gasteiger partial charge in [0.15, 0.2) is 12.6 Å². The summed E-state index contributed by atoms with van der Waals surface area (Å²) >= 11 is 0. The quantitative estimate of drug-likeness (QED) is 0.0789. The molecule has 2 aliphatic carbocycles. The van der Waals surface area contributed by atoms with E-state index in [-0.39, 0.29) is 48.8 Å². The Morgan fingerprint density at radius 3 is 2.09 bits per heavy atom. The van der Waals surface area contributed by atoms with Crippen molar-refractivity contribution in [2.75, 3.05) is 40.4 Å². The number of likely N-dealkylation sites (N-methyl/N-ethyl adjacent to an activating group) is 1. The van der Waals surface area contributed by atoms with Crippen molar-refractivity contribution < 1.29 is 73.1 Å². The smallest absolute Gasteiger partial charge is 0.251 e. The van der Waals surface area contributed by atoms with Gasteiger partial charge < -0.3 is 74.8 Å². The van der Waals surface area contributed by atoms with Gasteiger partial charge in [-0.1, -0.05) is 59.3 Å². The second kappa shape index (κ2) is 24.6. The number of carbonyl (C=O) groups is 4. The number of nitrogens with zero attached hydrogens (tertiary/aromatic N) is 1. The fraction of sp³-hybridized carbons (Fsp3) is 0.913. The van der Waals surface area contributed by atoms with E-state index in [1.54, 1.807) is 14.1 Å². The largest absolute Gasteiger partial charge is 0.394 e. The summed E-state index contributed by atoms with van der Waals surface area (Å²) < 4.78 is 37.7. The van der Waals surface area contributed by atoms with Crippen molar-refractivity contribution >= 4 is 23.6 Å². The van der Waals surface area contributed by atoms with Crippen LogP contribution in [-0.4, -0.2) is 180 Å². The lowest BCUT2D eigenvalue weighted by atomic mass is 9.75. The van der Waals surface area contributed by atoms with Gasteiger partial charge in [0.25, 0.3) is 5.91 Å². The van der Waals surface area contributed by atoms with Gasteiger partial charge in [0.2, 0.25) is 17.7 Å². The van der Waals surface area contributed by atoms with Crippen LogP contribution in [-0.2, 0) is 47.6 Å². The van der Waals surface area contributed by atoms with Crippen molar-refractivity contribution in [3.8, 4) is 0 Å². The molecule has 4 aliphatic rings. The third-order valence-electron chi connectivity index (χ3n) is 13.4. The van der Waals surface area contributed by atoms with Crippen LogP contribution in [0.15, 0.2) is 0 Å². The molecule has 8 N–H and O–H groups in total. The molecule has 19 nitrogen and oxygen atoms in total. The maximum atomic E-state index is 14.0. The molecule has 0 spiro atoms. The highest BCUT2D eigenvalue weighted by molar-refractivity contribution is 5.82. The number of ether oxygens (including phenoxy) is 6. The van der Waals surface area contributed by atoms with E-state index in [1.165, 1.54) is 18.7 Å². The molecule has 2 saturated carbocycles. The number of amides is 4. The summed E-state index contributed by atoms with van der Waals surface area (Å²) in [7, 11) is 3.23. The fourth-order valence-corrected chi connectivity index (χ4v) is 9.33. The number of hydrogen-bond acceptors (Lipinski definition) is 15. The van der Waals surface area contributed by atoms with Crippen molar-refractivity contribution in [3.05, 3.63) is 0 Å². The third kappa shape index (κ3) is 15.5. The minimum atomic E-state index is -1.65. The van der Waals surface area contributed by atoms with E-state index in [9.17, 15) is 44.7 Å². The highest BCUT2D eigenvalue weighted by Gasteiger charge is 2.53. The Kier molecular flexibility index (Phi) is 20.9. The van der Waals surface area contributed by atoms with Gasteiger partial charge in [-0.3, -0.25) is 19.2 Å². The molecule has 4 amide bonds. The van der Waals surface area contributed by atoms with Gasteiger partial charge >= 0.3 is 0 Å². The van der Waals surface area contributed by atoms with Crippen LogP contribution >= 0.6 is 0 Å². The molecular weight excluding hydrogens is 849 g/mol. The van der Waals surface area contributed by atoms with Crippen molar-refractivity contribution in [2.24, 2.45) is 23.2 Å². The molecule has 4 rings (SSSR count). The van der Waals surface area contributed by atoms with Gasteiger partial charge in [-0.25, -0.2) is 0 Å². The molecule has 19 heteroatoms. The first kappa shape index (κ1) is 55.0. The predicted molar refractivity (Wildman–Crippen MR) is 237 cm³/mol. The average Bonchev–Trinajstić information content (AvgIpc) is 3.24. The van der Waals surface area contributed by atoms with E-state index >= 15 is 0 Å². The Morgan fingerprint density at radius 1 is 0.831 bits per heavy atom. The Balaban J connectivity index is 1.60. The number of nitrogens with one attached hydrogen (secondary N) is 3. The fourth-order valence-electron chi connectivity index (χ4n) is 9.33. The molecule has 0 radical (unpaired) electrons. The van der Waals surface area contributed by atoms with Crippen LogP contribution in [0.3, 0.4) is 0 Å². The number of carbonyl (C=O) groups excluding carboxylic acids is 4. The molecule has 2 heterocycles. The van der Waals surface area contributed by atoms with Gasteiger partial charge in [-0.2, -0.15) is 0 Å². The lowest BCUT2D eigenvalue weighted by Crippen LogP contribution is -2.67. The SMILES string of the molecule is CC[C@@H]1CC(C(=O)NCCNC(=O)C(C)(C)CCOC(C)(C)C)CC(O[C@@H]2O[C@@H](CO)C(O)C(O[C@@H](CC3CCCCC3)C(=O)N(C)C)C2NC(C)=O)C1OC1OC(C)C(O)C(O)C1O. The first-order valence-corrected chi connectivity index (χ1v) is 23.8. The molecule has 0 aromatic rings. The number of aliphatic hydroxyl groups is 5. The number of hydrogen-bond donors (Lipinski definition) is 8. The van der Waals surface area contributed by atoms with Gasteiger partial charge in [-0.15, -0.1) is 0 Å². The number of aliphatic hydroxyl groups excluding tert-OH is 5. The third-order valence-corrected chi connectivity index (χ3v) is 13.4. The van der Waals surface area contributed by atoms with Crippen LogP contribution in [0, 0.1) is 23.2 Å². The molecule has 0 aromatic heterocycles. The second-order valence-corrected chi connectivity index (χ2v) is 20.4. The van der Waals surface area contributed by atoms with Crippen LogP contribution in [0.4, 0.5) is 0 Å². The number of rotatable bonds is 20. The van der Waals surface area contributed by atoms with E-state index in [0.717, 1.165) is 32.1 Å². The summed E-state index contributed by atoms with van der Waals surface area (Å²) in [6, 6.07) is -1.23. The molecule has 11 unspecified atom stereocenters. The molecule has 65 heavy (non-hydrogen) atoms. The average molecular weight is 931 g/mol. The normalized spacial score (nSPS) is 34.3. The van der Waals surface area contributed by atoms with Crippen molar-refractivity contribution in [1.82, 2.24) is 20.9 Å². The first-order chi connectivity index (χ1) is 30.5. The summed E-state index contributed by atoms with van der Waals surface area (Å²) in [6.45, 7) is 14.3. The van der Waals surface area contributed by atoms with Gasteiger partial charge in [0, 0.05) is 52.0 Å². The van der Waals surface area contributed by atoms with Crippen LogP contribution in [0.25, 0.3) is 0 Å².